The summed E-state index contributed by atoms with van der Waals surface area (Å²) in [5.74, 6) is -4.16. The van der Waals surface area contributed by atoms with Crippen LogP contribution < -0.4 is 16.8 Å². The molecule has 0 aromatic heterocycles. The third kappa shape index (κ3) is 4.80. The standard InChI is InChI=1S/C11H14F2N4O3.ClH/c1-6-2-7(9(15)8(3-6)17(19)20)10(18)16-5-11(12,13)4-14;/h2-3H,4-5,14-15H2,1H3,(H,16,18);1H. The maximum absolute atomic E-state index is 12.9. The molecule has 118 valence electrons. The summed E-state index contributed by atoms with van der Waals surface area (Å²) in [7, 11) is 0. The molecule has 0 atom stereocenters. The van der Waals surface area contributed by atoms with E-state index >= 15 is 0 Å². The molecule has 5 N–H and O–H groups in total. The molecule has 0 saturated heterocycles. The summed E-state index contributed by atoms with van der Waals surface area (Å²) < 4.78 is 25.9. The summed E-state index contributed by atoms with van der Waals surface area (Å²) in [4.78, 5) is 21.8. The molecule has 0 aliphatic rings. The van der Waals surface area contributed by atoms with Crippen molar-refractivity contribution in [1.82, 2.24) is 5.32 Å². The number of anilines is 1. The van der Waals surface area contributed by atoms with Crippen LogP contribution in [-0.4, -0.2) is 29.8 Å². The van der Waals surface area contributed by atoms with Gasteiger partial charge in [-0.1, -0.05) is 0 Å². The molecule has 0 saturated carbocycles. The lowest BCUT2D eigenvalue weighted by molar-refractivity contribution is -0.384. The highest BCUT2D eigenvalue weighted by molar-refractivity contribution is 6.01. The molecular weight excluding hydrogens is 310 g/mol. The second-order valence-corrected chi connectivity index (χ2v) is 4.25. The number of hydrogen-bond acceptors (Lipinski definition) is 5. The fourth-order valence-electron chi connectivity index (χ4n) is 1.49. The number of nitrogens with two attached hydrogens (primary N) is 2. The van der Waals surface area contributed by atoms with Gasteiger partial charge in [-0.2, -0.15) is 0 Å². The van der Waals surface area contributed by atoms with Gasteiger partial charge in [0.1, 0.15) is 5.69 Å². The van der Waals surface area contributed by atoms with Crippen molar-refractivity contribution in [3.63, 3.8) is 0 Å². The average Bonchev–Trinajstić information content (AvgIpc) is 2.38. The normalized spacial score (nSPS) is 10.7. The summed E-state index contributed by atoms with van der Waals surface area (Å²) >= 11 is 0. The van der Waals surface area contributed by atoms with Crippen LogP contribution in [0.25, 0.3) is 0 Å². The lowest BCUT2D eigenvalue weighted by Gasteiger charge is -2.15. The number of nitrogens with zero attached hydrogens (tertiary/aromatic N) is 1. The van der Waals surface area contributed by atoms with E-state index in [0.717, 1.165) is 0 Å². The van der Waals surface area contributed by atoms with Crippen LogP contribution in [0, 0.1) is 17.0 Å². The first kappa shape index (κ1) is 19.0. The zero-order valence-corrected chi connectivity index (χ0v) is 11.9. The largest absolute Gasteiger partial charge is 0.393 e. The number of nitrogens with one attached hydrogen (secondary N) is 1. The Bertz CT molecular complexity index is 555. The van der Waals surface area contributed by atoms with Crippen molar-refractivity contribution in [3.8, 4) is 0 Å². The van der Waals surface area contributed by atoms with Crippen LogP contribution in [0.5, 0.6) is 0 Å². The van der Waals surface area contributed by atoms with Crippen LogP contribution in [0.4, 0.5) is 20.2 Å². The van der Waals surface area contributed by atoms with E-state index in [1.807, 2.05) is 5.32 Å². The molecule has 0 aliphatic heterocycles. The van der Waals surface area contributed by atoms with Crippen molar-refractivity contribution >= 4 is 29.7 Å². The van der Waals surface area contributed by atoms with E-state index < -0.39 is 35.5 Å². The van der Waals surface area contributed by atoms with Gasteiger partial charge in [-0.3, -0.25) is 14.9 Å². The van der Waals surface area contributed by atoms with E-state index in [2.05, 4.69) is 0 Å². The lowest BCUT2D eigenvalue weighted by Crippen LogP contribution is -2.41. The van der Waals surface area contributed by atoms with Crippen LogP contribution in [0.3, 0.4) is 0 Å². The number of carbonyl (C=O) groups excluding carboxylic acids is 1. The van der Waals surface area contributed by atoms with Gasteiger partial charge in [0.05, 0.1) is 23.6 Å². The van der Waals surface area contributed by atoms with Gasteiger partial charge in [0.15, 0.2) is 0 Å². The summed E-state index contributed by atoms with van der Waals surface area (Å²) in [5.41, 5.74) is 9.73. The summed E-state index contributed by atoms with van der Waals surface area (Å²) in [6, 6.07) is 2.48. The molecule has 0 spiro atoms. The van der Waals surface area contributed by atoms with E-state index in [9.17, 15) is 23.7 Å². The molecule has 0 radical (unpaired) electrons. The summed E-state index contributed by atoms with van der Waals surface area (Å²) in [6.45, 7) is -0.363. The van der Waals surface area contributed by atoms with Gasteiger partial charge in [-0.25, -0.2) is 8.78 Å². The molecule has 1 amide bonds. The van der Waals surface area contributed by atoms with Crippen LogP contribution in [0.1, 0.15) is 15.9 Å². The number of nitrogen functional groups attached to an aromatic ring is 1. The van der Waals surface area contributed by atoms with E-state index in [1.54, 1.807) is 0 Å². The van der Waals surface area contributed by atoms with Crippen molar-refractivity contribution < 1.29 is 18.5 Å². The molecule has 1 rings (SSSR count). The molecule has 0 heterocycles. The van der Waals surface area contributed by atoms with Crippen LogP contribution in [0.15, 0.2) is 12.1 Å². The number of aryl methyl sites for hydroxylation is 1. The Labute approximate surface area is 125 Å². The molecule has 0 bridgehead atoms. The Morgan fingerprint density at radius 1 is 1.48 bits per heavy atom. The van der Waals surface area contributed by atoms with Gasteiger partial charge in [0.25, 0.3) is 17.5 Å². The number of benzene rings is 1. The fourth-order valence-corrected chi connectivity index (χ4v) is 1.49. The predicted octanol–water partition coefficient (Wildman–Crippen LogP) is 1.23. The smallest absolute Gasteiger partial charge is 0.293 e. The number of nitro benzene ring substituents is 1. The number of hydrogen-bond donors (Lipinski definition) is 3. The van der Waals surface area contributed by atoms with Gasteiger partial charge >= 0.3 is 0 Å². The Kier molecular flexibility index (Phi) is 6.46. The fraction of sp³-hybridized carbons (Fsp3) is 0.364. The van der Waals surface area contributed by atoms with E-state index in [-0.39, 0.29) is 23.7 Å². The SMILES string of the molecule is Cc1cc(C(=O)NCC(F)(F)CN)c(N)c([N+](=O)[O-])c1.Cl. The quantitative estimate of drug-likeness (QED) is 0.427. The minimum Gasteiger partial charge on any atom is -0.393 e. The molecule has 0 aliphatic carbocycles. The number of rotatable bonds is 5. The predicted molar refractivity (Wildman–Crippen MR) is 75.8 cm³/mol. The third-order valence-electron chi connectivity index (χ3n) is 2.55. The Hall–Kier alpha value is -2.00. The molecule has 0 fully saturated rings. The Morgan fingerprint density at radius 2 is 2.05 bits per heavy atom. The molecule has 1 aromatic carbocycles. The first-order valence-corrected chi connectivity index (χ1v) is 5.58. The third-order valence-corrected chi connectivity index (χ3v) is 2.55. The summed E-state index contributed by atoms with van der Waals surface area (Å²) in [5, 5.41) is 12.7. The van der Waals surface area contributed by atoms with E-state index in [1.165, 1.54) is 19.1 Å². The highest BCUT2D eigenvalue weighted by atomic mass is 35.5. The second kappa shape index (κ2) is 7.14. The number of halogens is 3. The molecule has 0 unspecified atom stereocenters. The van der Waals surface area contributed by atoms with E-state index in [0.29, 0.717) is 5.56 Å². The number of alkyl halides is 2. The number of carbonyl (C=O) groups is 1. The van der Waals surface area contributed by atoms with Crippen LogP contribution >= 0.6 is 12.4 Å². The topological polar surface area (TPSA) is 124 Å². The maximum Gasteiger partial charge on any atom is 0.293 e. The second-order valence-electron chi connectivity index (χ2n) is 4.25. The monoisotopic (exact) mass is 324 g/mol. The molecule has 1 aromatic rings. The number of nitro groups is 1. The summed E-state index contributed by atoms with van der Waals surface area (Å²) in [6.07, 6.45) is 0. The molecular formula is C11H15ClF2N4O3. The minimum atomic E-state index is -3.25. The Morgan fingerprint density at radius 3 is 2.52 bits per heavy atom. The first-order chi connectivity index (χ1) is 9.18. The highest BCUT2D eigenvalue weighted by Crippen LogP contribution is 2.27. The van der Waals surface area contributed by atoms with Gasteiger partial charge < -0.3 is 16.8 Å². The highest BCUT2D eigenvalue weighted by Gasteiger charge is 2.28. The zero-order valence-electron chi connectivity index (χ0n) is 11.1. The zero-order chi connectivity index (χ0) is 15.5. The van der Waals surface area contributed by atoms with Crippen molar-refractivity contribution in [2.24, 2.45) is 5.73 Å². The maximum atomic E-state index is 12.9. The van der Waals surface area contributed by atoms with Crippen LogP contribution in [0.2, 0.25) is 0 Å². The average molecular weight is 325 g/mol. The van der Waals surface area contributed by atoms with Crippen molar-refractivity contribution in [2.45, 2.75) is 12.8 Å². The van der Waals surface area contributed by atoms with Crippen LogP contribution in [-0.2, 0) is 0 Å². The molecule has 7 nitrogen and oxygen atoms in total. The van der Waals surface area contributed by atoms with Crippen molar-refractivity contribution in [1.29, 1.82) is 0 Å². The van der Waals surface area contributed by atoms with E-state index in [4.69, 9.17) is 11.5 Å². The van der Waals surface area contributed by atoms with Gasteiger partial charge in [0, 0.05) is 6.07 Å². The van der Waals surface area contributed by atoms with Gasteiger partial charge in [-0.05, 0) is 18.6 Å². The first-order valence-electron chi connectivity index (χ1n) is 5.58. The molecule has 10 heteroatoms. The lowest BCUT2D eigenvalue weighted by atomic mass is 10.1. The Balaban J connectivity index is 0.00000400. The number of amides is 1. The van der Waals surface area contributed by atoms with Crippen molar-refractivity contribution in [3.05, 3.63) is 33.4 Å². The minimum absolute atomic E-state index is 0. The van der Waals surface area contributed by atoms with Crippen molar-refractivity contribution in [2.75, 3.05) is 18.8 Å². The molecule has 21 heavy (non-hydrogen) atoms. The van der Waals surface area contributed by atoms with Gasteiger partial charge in [-0.15, -0.1) is 12.4 Å². The van der Waals surface area contributed by atoms with Gasteiger partial charge in [0.2, 0.25) is 0 Å².